The zero-order chi connectivity index (χ0) is 24.9. The molecule has 196 valence electrons. The Balaban J connectivity index is 1.39. The maximum absolute atomic E-state index is 12.2. The summed E-state index contributed by atoms with van der Waals surface area (Å²) < 4.78 is 30.5. The first kappa shape index (κ1) is 26.4. The summed E-state index contributed by atoms with van der Waals surface area (Å²) in [4.78, 5) is 12.2. The molecule has 10 atom stereocenters. The van der Waals surface area contributed by atoms with Crippen molar-refractivity contribution in [2.24, 2.45) is 46.3 Å². The zero-order valence-electron chi connectivity index (χ0n) is 21.1. The van der Waals surface area contributed by atoms with Crippen LogP contribution in [0.2, 0.25) is 0 Å². The van der Waals surface area contributed by atoms with E-state index < -0.39 is 15.9 Å². The Kier molecular flexibility index (Phi) is 7.47. The maximum Gasteiger partial charge on any atom is 0.266 e. The van der Waals surface area contributed by atoms with Gasteiger partial charge < -0.3 is 15.5 Å². The number of amides is 1. The molecular formula is C26H45NO6S. The molecule has 4 rings (SSSR count). The lowest BCUT2D eigenvalue weighted by molar-refractivity contribution is -0.174. The second-order valence-electron chi connectivity index (χ2n) is 12.6. The van der Waals surface area contributed by atoms with Crippen molar-refractivity contribution >= 4 is 16.0 Å². The third-order valence-electron chi connectivity index (χ3n) is 10.9. The molecular weight excluding hydrogens is 454 g/mol. The second-order valence-corrected chi connectivity index (χ2v) is 14.2. The maximum atomic E-state index is 12.2. The first-order valence-corrected chi connectivity index (χ1v) is 15.0. The molecule has 4 saturated carbocycles. The molecule has 0 unspecified atom stereocenters. The van der Waals surface area contributed by atoms with Crippen LogP contribution >= 0.6 is 0 Å². The highest BCUT2D eigenvalue weighted by Crippen LogP contribution is 2.68. The molecule has 0 bridgehead atoms. The molecule has 4 N–H and O–H groups in total. The standard InChI is InChI=1S/C26H45NO6S/c1-16(4-7-23(30)27-12-13-34(31,32)33)19-5-6-20-24-21(9-11-26(19,20)3)25(2)10-8-18(28)14-17(25)15-22(24)29/h16-22,24,28-29H,4-15H2,1-3H3,(H,27,30)(H,31,32,33)/t16-,17-,18+,19-,20+,21+,22+,24+,25+,26-/m1/s1. The van der Waals surface area contributed by atoms with Crippen molar-refractivity contribution in [1.29, 1.82) is 0 Å². The van der Waals surface area contributed by atoms with E-state index in [1.807, 2.05) is 0 Å². The van der Waals surface area contributed by atoms with Crippen LogP contribution in [0.25, 0.3) is 0 Å². The van der Waals surface area contributed by atoms with E-state index in [1.54, 1.807) is 0 Å². The van der Waals surface area contributed by atoms with Gasteiger partial charge in [-0.2, -0.15) is 8.42 Å². The molecule has 0 aromatic rings. The van der Waals surface area contributed by atoms with Crippen molar-refractivity contribution in [3.05, 3.63) is 0 Å². The van der Waals surface area contributed by atoms with Gasteiger partial charge in [0.05, 0.1) is 18.0 Å². The minimum Gasteiger partial charge on any atom is -0.393 e. The molecule has 7 nitrogen and oxygen atoms in total. The lowest BCUT2D eigenvalue weighted by Crippen LogP contribution is -2.58. The van der Waals surface area contributed by atoms with Crippen molar-refractivity contribution < 1.29 is 28.0 Å². The molecule has 0 spiro atoms. The van der Waals surface area contributed by atoms with Crippen LogP contribution < -0.4 is 5.32 Å². The first-order valence-electron chi connectivity index (χ1n) is 13.4. The van der Waals surface area contributed by atoms with E-state index in [2.05, 4.69) is 26.1 Å². The quantitative estimate of drug-likeness (QED) is 0.398. The molecule has 34 heavy (non-hydrogen) atoms. The fraction of sp³-hybridized carbons (Fsp3) is 0.962. The number of hydrogen-bond donors (Lipinski definition) is 4. The highest BCUT2D eigenvalue weighted by Gasteiger charge is 2.62. The molecule has 8 heteroatoms. The number of aliphatic hydroxyl groups excluding tert-OH is 2. The number of fused-ring (bicyclic) bond motifs is 5. The Hall–Kier alpha value is -0.700. The molecule has 0 heterocycles. The summed E-state index contributed by atoms with van der Waals surface area (Å²) in [6.07, 6.45) is 8.87. The minimum atomic E-state index is -4.06. The fourth-order valence-electron chi connectivity index (χ4n) is 9.14. The van der Waals surface area contributed by atoms with E-state index in [-0.39, 0.29) is 35.5 Å². The van der Waals surface area contributed by atoms with Gasteiger partial charge in [0.25, 0.3) is 10.1 Å². The lowest BCUT2D eigenvalue weighted by Gasteiger charge is -2.62. The Bertz CT molecular complexity index is 863. The molecule has 1 amide bonds. The molecule has 0 saturated heterocycles. The van der Waals surface area contributed by atoms with Crippen LogP contribution in [0.1, 0.15) is 85.0 Å². The summed E-state index contributed by atoms with van der Waals surface area (Å²) >= 11 is 0. The van der Waals surface area contributed by atoms with Gasteiger partial charge in [0.1, 0.15) is 0 Å². The average Bonchev–Trinajstić information content (AvgIpc) is 3.09. The van der Waals surface area contributed by atoms with E-state index in [4.69, 9.17) is 4.55 Å². The number of aliphatic hydroxyl groups is 2. The van der Waals surface area contributed by atoms with Crippen LogP contribution in [0.5, 0.6) is 0 Å². The van der Waals surface area contributed by atoms with Crippen molar-refractivity contribution in [3.8, 4) is 0 Å². The van der Waals surface area contributed by atoms with Gasteiger partial charge in [-0.1, -0.05) is 20.8 Å². The molecule has 4 aliphatic rings. The van der Waals surface area contributed by atoms with Crippen molar-refractivity contribution in [3.63, 3.8) is 0 Å². The smallest absolute Gasteiger partial charge is 0.266 e. The van der Waals surface area contributed by atoms with Crippen molar-refractivity contribution in [2.45, 2.75) is 97.2 Å². The summed E-state index contributed by atoms with van der Waals surface area (Å²) in [6, 6.07) is 0. The predicted molar refractivity (Wildman–Crippen MR) is 130 cm³/mol. The average molecular weight is 500 g/mol. The third-order valence-corrected chi connectivity index (χ3v) is 11.6. The van der Waals surface area contributed by atoms with Gasteiger partial charge in [0.2, 0.25) is 5.91 Å². The van der Waals surface area contributed by atoms with Gasteiger partial charge in [-0.15, -0.1) is 0 Å². The van der Waals surface area contributed by atoms with Crippen LogP contribution in [-0.2, 0) is 14.9 Å². The lowest BCUT2D eigenvalue weighted by atomic mass is 9.43. The second kappa shape index (κ2) is 9.64. The van der Waals surface area contributed by atoms with Gasteiger partial charge in [0.15, 0.2) is 0 Å². The summed E-state index contributed by atoms with van der Waals surface area (Å²) in [7, 11) is -4.06. The third kappa shape index (κ3) is 4.94. The van der Waals surface area contributed by atoms with Crippen LogP contribution in [0.15, 0.2) is 0 Å². The van der Waals surface area contributed by atoms with Gasteiger partial charge in [-0.3, -0.25) is 9.35 Å². The van der Waals surface area contributed by atoms with E-state index >= 15 is 0 Å². The molecule has 4 fully saturated rings. The topological polar surface area (TPSA) is 124 Å². The first-order chi connectivity index (χ1) is 15.8. The summed E-state index contributed by atoms with van der Waals surface area (Å²) in [6.45, 7) is 7.05. The Labute approximate surface area is 205 Å². The predicted octanol–water partition coefficient (Wildman–Crippen LogP) is 3.40. The molecule has 0 aromatic carbocycles. The monoisotopic (exact) mass is 499 g/mol. The molecule has 0 aliphatic heterocycles. The van der Waals surface area contributed by atoms with E-state index in [1.165, 1.54) is 6.42 Å². The zero-order valence-corrected chi connectivity index (χ0v) is 21.9. The summed E-state index contributed by atoms with van der Waals surface area (Å²) in [5.41, 5.74) is 0.411. The van der Waals surface area contributed by atoms with Crippen LogP contribution in [0.3, 0.4) is 0 Å². The Morgan fingerprint density at radius 1 is 1.03 bits per heavy atom. The number of nitrogens with one attached hydrogen (secondary N) is 1. The van der Waals surface area contributed by atoms with Crippen LogP contribution in [0, 0.1) is 46.3 Å². The number of carbonyl (C=O) groups excluding carboxylic acids is 1. The van der Waals surface area contributed by atoms with Gasteiger partial charge in [0, 0.05) is 13.0 Å². The normalized spacial score (nSPS) is 45.1. The molecule has 0 aromatic heterocycles. The summed E-state index contributed by atoms with van der Waals surface area (Å²) in [5, 5.41) is 24.2. The number of hydrogen-bond acceptors (Lipinski definition) is 5. The fourth-order valence-corrected chi connectivity index (χ4v) is 9.50. The van der Waals surface area contributed by atoms with Crippen molar-refractivity contribution in [1.82, 2.24) is 5.32 Å². The number of rotatable bonds is 7. The number of carbonyl (C=O) groups is 1. The van der Waals surface area contributed by atoms with Crippen LogP contribution in [0.4, 0.5) is 0 Å². The highest BCUT2D eigenvalue weighted by molar-refractivity contribution is 7.85. The van der Waals surface area contributed by atoms with E-state index in [0.717, 1.165) is 51.4 Å². The highest BCUT2D eigenvalue weighted by atomic mass is 32.2. The SMILES string of the molecule is C[C@H](CCC(=O)NCCS(=O)(=O)O)[C@H]1CC[C@H]2[C@@H]3[C@@H](O)C[C@H]4C[C@@H](O)CC[C@]4(C)[C@H]3CC[C@]12C. The van der Waals surface area contributed by atoms with Gasteiger partial charge in [-0.05, 0) is 104 Å². The van der Waals surface area contributed by atoms with Crippen molar-refractivity contribution in [2.75, 3.05) is 12.3 Å². The minimum absolute atomic E-state index is 0.0625. The van der Waals surface area contributed by atoms with Crippen LogP contribution in [-0.4, -0.2) is 53.6 Å². The Morgan fingerprint density at radius 2 is 1.71 bits per heavy atom. The van der Waals surface area contributed by atoms with Gasteiger partial charge >= 0.3 is 0 Å². The molecule has 4 aliphatic carbocycles. The largest absolute Gasteiger partial charge is 0.393 e. The van der Waals surface area contributed by atoms with E-state index in [9.17, 15) is 23.4 Å². The molecule has 0 radical (unpaired) electrons. The summed E-state index contributed by atoms with van der Waals surface area (Å²) in [5.74, 6) is 2.10. The van der Waals surface area contributed by atoms with Gasteiger partial charge in [-0.25, -0.2) is 0 Å². The van der Waals surface area contributed by atoms with E-state index in [0.29, 0.717) is 41.9 Å². The Morgan fingerprint density at radius 3 is 2.41 bits per heavy atom.